The summed E-state index contributed by atoms with van der Waals surface area (Å²) in [5.74, 6) is 1.73. The molecule has 1 N–H and O–H groups in total. The molecule has 6 heteroatoms. The maximum absolute atomic E-state index is 14.0. The molecule has 0 aliphatic rings. The van der Waals surface area contributed by atoms with Crippen molar-refractivity contribution < 1.29 is 19.4 Å². The van der Waals surface area contributed by atoms with Gasteiger partial charge in [0.2, 0.25) is 0 Å². The van der Waals surface area contributed by atoms with Crippen LogP contribution in [0.5, 0.6) is 17.2 Å². The zero-order valence-electron chi connectivity index (χ0n) is 21.2. The molecule has 0 aliphatic carbocycles. The van der Waals surface area contributed by atoms with Gasteiger partial charge >= 0.3 is 0 Å². The van der Waals surface area contributed by atoms with E-state index in [1.165, 1.54) is 12.1 Å². The number of aromatic hydroxyl groups is 1. The number of benzene rings is 4. The molecule has 0 aromatic heterocycles. The number of hydrogen-bond acceptors (Lipinski definition) is 5. The van der Waals surface area contributed by atoms with Gasteiger partial charge in [-0.05, 0) is 93.6 Å². The average molecular weight is 495 g/mol. The van der Waals surface area contributed by atoms with Crippen molar-refractivity contribution in [3.05, 3.63) is 114 Å². The number of anilines is 1. The van der Waals surface area contributed by atoms with Crippen LogP contribution in [0.15, 0.2) is 102 Å². The van der Waals surface area contributed by atoms with Crippen molar-refractivity contribution in [3.8, 4) is 17.2 Å². The predicted octanol–water partition coefficient (Wildman–Crippen LogP) is 6.92. The first-order valence-electron chi connectivity index (χ1n) is 12.2. The third-order valence-corrected chi connectivity index (χ3v) is 5.63. The number of nitrogens with zero attached hydrogens (tertiary/aromatic N) is 2. The molecule has 4 aromatic rings. The summed E-state index contributed by atoms with van der Waals surface area (Å²) in [6, 6.07) is 28.9. The number of amides is 1. The van der Waals surface area contributed by atoms with Gasteiger partial charge in [-0.25, -0.2) is 4.99 Å². The number of carbonyl (C=O) groups is 1. The zero-order valence-corrected chi connectivity index (χ0v) is 21.2. The predicted molar refractivity (Wildman–Crippen MR) is 148 cm³/mol. The highest BCUT2D eigenvalue weighted by Crippen LogP contribution is 2.27. The molecule has 4 aromatic carbocycles. The lowest BCUT2D eigenvalue weighted by molar-refractivity contribution is 0.100. The standard InChI is InChI=1S/C31H30N2O4/c1-4-36-28-18-12-25(13-19-28)32-30(23-8-6-22(3)7-9-23)33(26-14-20-29(21-15-26)37-5-2)31(35)24-10-16-27(34)17-11-24/h6-21,34H,4-5H2,1-3H3. The molecule has 0 radical (unpaired) electrons. The quantitative estimate of drug-likeness (QED) is 0.213. The van der Waals surface area contributed by atoms with E-state index in [1.54, 1.807) is 17.0 Å². The smallest absolute Gasteiger partial charge is 0.264 e. The molecule has 0 atom stereocenters. The Kier molecular flexibility index (Phi) is 8.21. The van der Waals surface area contributed by atoms with Crippen LogP contribution in [0.2, 0.25) is 0 Å². The highest BCUT2D eigenvalue weighted by Gasteiger charge is 2.25. The van der Waals surface area contributed by atoms with Crippen LogP contribution in [-0.4, -0.2) is 30.1 Å². The number of amidine groups is 1. The summed E-state index contributed by atoms with van der Waals surface area (Å²) < 4.78 is 11.2. The molecule has 0 bridgehead atoms. The number of ether oxygens (including phenoxy) is 2. The molecule has 4 rings (SSSR count). The first kappa shape index (κ1) is 25.5. The summed E-state index contributed by atoms with van der Waals surface area (Å²) in [4.78, 5) is 20.5. The maximum Gasteiger partial charge on any atom is 0.264 e. The van der Waals surface area contributed by atoms with Gasteiger partial charge < -0.3 is 14.6 Å². The molecule has 0 fully saturated rings. The minimum absolute atomic E-state index is 0.0889. The van der Waals surface area contributed by atoms with E-state index in [0.717, 1.165) is 16.9 Å². The summed E-state index contributed by atoms with van der Waals surface area (Å²) in [6.07, 6.45) is 0. The monoisotopic (exact) mass is 494 g/mol. The van der Waals surface area contributed by atoms with Crippen LogP contribution in [0.25, 0.3) is 0 Å². The Balaban J connectivity index is 1.88. The first-order chi connectivity index (χ1) is 18.0. The van der Waals surface area contributed by atoms with Gasteiger partial charge in [-0.2, -0.15) is 0 Å². The van der Waals surface area contributed by atoms with Gasteiger partial charge in [-0.15, -0.1) is 0 Å². The normalized spacial score (nSPS) is 11.2. The van der Waals surface area contributed by atoms with E-state index in [9.17, 15) is 9.90 Å². The van der Waals surface area contributed by atoms with Crippen molar-refractivity contribution in [1.82, 2.24) is 0 Å². The molecule has 0 aliphatic heterocycles. The van der Waals surface area contributed by atoms with Gasteiger partial charge in [0.1, 0.15) is 23.1 Å². The first-order valence-corrected chi connectivity index (χ1v) is 12.2. The molecule has 0 saturated carbocycles. The molecule has 0 saturated heterocycles. The third-order valence-electron chi connectivity index (χ3n) is 5.63. The fraction of sp³-hybridized carbons (Fsp3) is 0.161. The van der Waals surface area contributed by atoms with E-state index in [0.29, 0.717) is 41.7 Å². The molecule has 0 unspecified atom stereocenters. The number of phenols is 1. The zero-order chi connectivity index (χ0) is 26.2. The molecular formula is C31H30N2O4. The Labute approximate surface area is 217 Å². The second kappa shape index (κ2) is 11.9. The molecule has 188 valence electrons. The maximum atomic E-state index is 14.0. The minimum Gasteiger partial charge on any atom is -0.508 e. The highest BCUT2D eigenvalue weighted by molar-refractivity contribution is 6.28. The van der Waals surface area contributed by atoms with Crippen LogP contribution in [0.1, 0.15) is 35.3 Å². The fourth-order valence-corrected chi connectivity index (χ4v) is 3.78. The largest absolute Gasteiger partial charge is 0.508 e. The lowest BCUT2D eigenvalue weighted by Gasteiger charge is -2.25. The lowest BCUT2D eigenvalue weighted by Crippen LogP contribution is -2.37. The van der Waals surface area contributed by atoms with Crippen molar-refractivity contribution in [2.24, 2.45) is 4.99 Å². The van der Waals surface area contributed by atoms with Crippen molar-refractivity contribution in [3.63, 3.8) is 0 Å². The van der Waals surface area contributed by atoms with Gasteiger partial charge in [0, 0.05) is 11.1 Å². The Bertz CT molecular complexity index is 1340. The minimum atomic E-state index is -0.283. The topological polar surface area (TPSA) is 71.4 Å². The Hall–Kier alpha value is -4.58. The number of hydrogen-bond donors (Lipinski definition) is 1. The summed E-state index contributed by atoms with van der Waals surface area (Å²) in [6.45, 7) is 6.99. The summed E-state index contributed by atoms with van der Waals surface area (Å²) in [5, 5.41) is 9.77. The molecule has 0 spiro atoms. The second-order valence-electron chi connectivity index (χ2n) is 8.34. The van der Waals surface area contributed by atoms with Crippen LogP contribution in [0, 0.1) is 6.92 Å². The number of phenolic OH excluding ortho intramolecular Hbond substituents is 1. The molecule has 6 nitrogen and oxygen atoms in total. The fourth-order valence-electron chi connectivity index (χ4n) is 3.78. The highest BCUT2D eigenvalue weighted by atomic mass is 16.5. The van der Waals surface area contributed by atoms with Crippen LogP contribution < -0.4 is 14.4 Å². The Morgan fingerprint density at radius 3 is 1.78 bits per heavy atom. The molecular weight excluding hydrogens is 464 g/mol. The third kappa shape index (κ3) is 6.35. The van der Waals surface area contributed by atoms with E-state index < -0.39 is 0 Å². The Morgan fingerprint density at radius 1 is 0.730 bits per heavy atom. The van der Waals surface area contributed by atoms with E-state index >= 15 is 0 Å². The van der Waals surface area contributed by atoms with Gasteiger partial charge in [0.05, 0.1) is 24.6 Å². The van der Waals surface area contributed by atoms with Crippen LogP contribution in [-0.2, 0) is 0 Å². The van der Waals surface area contributed by atoms with Crippen molar-refractivity contribution >= 4 is 23.1 Å². The van der Waals surface area contributed by atoms with E-state index in [1.807, 2.05) is 93.6 Å². The average Bonchev–Trinajstić information content (AvgIpc) is 2.91. The number of aliphatic imine (C=N–C) groups is 1. The lowest BCUT2D eigenvalue weighted by atomic mass is 10.1. The summed E-state index contributed by atoms with van der Waals surface area (Å²) in [5.41, 5.74) is 3.60. The van der Waals surface area contributed by atoms with Crippen LogP contribution in [0.4, 0.5) is 11.4 Å². The SMILES string of the molecule is CCOc1ccc(N=C(c2ccc(C)cc2)N(C(=O)c2ccc(O)cc2)c2ccc(OCC)cc2)cc1. The van der Waals surface area contributed by atoms with E-state index in [-0.39, 0.29) is 11.7 Å². The van der Waals surface area contributed by atoms with Gasteiger partial charge in [0.15, 0.2) is 0 Å². The molecule has 1 amide bonds. The van der Waals surface area contributed by atoms with Gasteiger partial charge in [-0.1, -0.05) is 29.8 Å². The van der Waals surface area contributed by atoms with Crippen LogP contribution in [0.3, 0.4) is 0 Å². The second-order valence-corrected chi connectivity index (χ2v) is 8.34. The molecule has 37 heavy (non-hydrogen) atoms. The number of aryl methyl sites for hydroxylation is 1. The molecule has 0 heterocycles. The van der Waals surface area contributed by atoms with Crippen LogP contribution >= 0.6 is 0 Å². The van der Waals surface area contributed by atoms with E-state index in [2.05, 4.69) is 0 Å². The number of rotatable bonds is 8. The van der Waals surface area contributed by atoms with E-state index in [4.69, 9.17) is 14.5 Å². The number of carbonyl (C=O) groups excluding carboxylic acids is 1. The van der Waals surface area contributed by atoms with Crippen molar-refractivity contribution in [2.45, 2.75) is 20.8 Å². The van der Waals surface area contributed by atoms with Gasteiger partial charge in [-0.3, -0.25) is 9.69 Å². The van der Waals surface area contributed by atoms with Gasteiger partial charge in [0.25, 0.3) is 5.91 Å². The van der Waals surface area contributed by atoms with Crippen molar-refractivity contribution in [2.75, 3.05) is 18.1 Å². The van der Waals surface area contributed by atoms with Crippen molar-refractivity contribution in [1.29, 1.82) is 0 Å². The summed E-state index contributed by atoms with van der Waals surface area (Å²) in [7, 11) is 0. The Morgan fingerprint density at radius 2 is 1.24 bits per heavy atom. The summed E-state index contributed by atoms with van der Waals surface area (Å²) >= 11 is 0.